The lowest BCUT2D eigenvalue weighted by atomic mass is 10.1. The van der Waals surface area contributed by atoms with Crippen LogP contribution in [0.5, 0.6) is 0 Å². The summed E-state index contributed by atoms with van der Waals surface area (Å²) in [6.45, 7) is 2.08. The van der Waals surface area contributed by atoms with Crippen LogP contribution in [0.25, 0.3) is 5.65 Å². The summed E-state index contributed by atoms with van der Waals surface area (Å²) in [6.07, 6.45) is 7.33. The summed E-state index contributed by atoms with van der Waals surface area (Å²) in [5.41, 5.74) is 7.80. The van der Waals surface area contributed by atoms with Gasteiger partial charge in [-0.1, -0.05) is 13.0 Å². The van der Waals surface area contributed by atoms with Gasteiger partial charge in [0.25, 0.3) is 0 Å². The Kier molecular flexibility index (Phi) is 4.12. The molecule has 3 heterocycles. The molecule has 0 saturated heterocycles. The molecule has 6 nitrogen and oxygen atoms in total. The largest absolute Gasteiger partial charge is 0.327 e. The van der Waals surface area contributed by atoms with E-state index in [4.69, 9.17) is 5.73 Å². The number of fused-ring (bicyclic) bond motifs is 1. The van der Waals surface area contributed by atoms with Crippen LogP contribution < -0.4 is 5.73 Å². The fourth-order valence-corrected chi connectivity index (χ4v) is 2.63. The predicted molar refractivity (Wildman–Crippen MR) is 81.1 cm³/mol. The first-order valence-electron chi connectivity index (χ1n) is 6.80. The Hall–Kier alpha value is -1.99. The van der Waals surface area contributed by atoms with E-state index in [0.29, 0.717) is 5.16 Å². The fraction of sp³-hybridized carbons (Fsp3) is 0.286. The topological polar surface area (TPSA) is 82.0 Å². The molecule has 0 fully saturated rings. The Morgan fingerprint density at radius 1 is 1.24 bits per heavy atom. The molecular formula is C14H16N6S. The minimum Gasteiger partial charge on any atom is -0.327 e. The van der Waals surface area contributed by atoms with Gasteiger partial charge in [0, 0.05) is 24.6 Å². The molecule has 0 radical (unpaired) electrons. The number of aromatic nitrogens is 5. The lowest BCUT2D eigenvalue weighted by Crippen LogP contribution is -2.21. The summed E-state index contributed by atoms with van der Waals surface area (Å²) in [5.74, 6) is 0. The van der Waals surface area contributed by atoms with Gasteiger partial charge >= 0.3 is 0 Å². The normalized spacial score (nSPS) is 12.7. The Morgan fingerprint density at radius 2 is 2.05 bits per heavy atom. The van der Waals surface area contributed by atoms with Crippen molar-refractivity contribution in [3.8, 4) is 0 Å². The maximum Gasteiger partial charge on any atom is 0.203 e. The van der Waals surface area contributed by atoms with E-state index in [1.165, 1.54) is 11.8 Å². The summed E-state index contributed by atoms with van der Waals surface area (Å²) >= 11 is 1.39. The van der Waals surface area contributed by atoms with E-state index >= 15 is 0 Å². The average Bonchev–Trinajstić information content (AvgIpc) is 2.92. The van der Waals surface area contributed by atoms with E-state index in [-0.39, 0.29) is 6.04 Å². The van der Waals surface area contributed by atoms with Gasteiger partial charge in [-0.2, -0.15) is 0 Å². The first-order valence-corrected chi connectivity index (χ1v) is 7.62. The number of hydrogen-bond donors (Lipinski definition) is 1. The molecular weight excluding hydrogens is 284 g/mol. The van der Waals surface area contributed by atoms with Crippen molar-refractivity contribution < 1.29 is 0 Å². The lowest BCUT2D eigenvalue weighted by molar-refractivity contribution is 0.641. The molecule has 0 aliphatic rings. The van der Waals surface area contributed by atoms with Gasteiger partial charge < -0.3 is 5.73 Å². The second-order valence-electron chi connectivity index (χ2n) is 4.76. The van der Waals surface area contributed by atoms with E-state index < -0.39 is 0 Å². The quantitative estimate of drug-likeness (QED) is 0.725. The first kappa shape index (κ1) is 14.0. The van der Waals surface area contributed by atoms with Crippen LogP contribution in [0.15, 0.2) is 47.1 Å². The van der Waals surface area contributed by atoms with E-state index in [9.17, 15) is 0 Å². The predicted octanol–water partition coefficient (Wildman–Crippen LogP) is 1.95. The van der Waals surface area contributed by atoms with Gasteiger partial charge in [-0.15, -0.1) is 10.2 Å². The Balaban J connectivity index is 1.76. The molecule has 3 rings (SSSR count). The van der Waals surface area contributed by atoms with Crippen LogP contribution in [0.3, 0.4) is 0 Å². The van der Waals surface area contributed by atoms with Gasteiger partial charge in [0.05, 0.1) is 0 Å². The van der Waals surface area contributed by atoms with Crippen LogP contribution in [0, 0.1) is 0 Å². The monoisotopic (exact) mass is 300 g/mol. The molecule has 0 saturated carbocycles. The number of hydrogen-bond acceptors (Lipinski definition) is 6. The Bertz CT molecular complexity index is 724. The fourth-order valence-electron chi connectivity index (χ4n) is 1.92. The zero-order valence-electron chi connectivity index (χ0n) is 11.7. The molecule has 3 aromatic heterocycles. The molecule has 0 aliphatic heterocycles. The zero-order valence-corrected chi connectivity index (χ0v) is 12.5. The SMILES string of the molecule is CCC(N)Cc1cnc(Sc2nnc3ccccn23)nc1. The van der Waals surface area contributed by atoms with Crippen LogP contribution in [-0.2, 0) is 6.42 Å². The van der Waals surface area contributed by atoms with Crippen LogP contribution in [-0.4, -0.2) is 30.6 Å². The third kappa shape index (κ3) is 3.20. The standard InChI is InChI=1S/C14H16N6S/c1-2-11(15)7-10-8-16-13(17-9-10)21-14-19-18-12-5-3-4-6-20(12)14/h3-6,8-9,11H,2,7,15H2,1H3. The van der Waals surface area contributed by atoms with Gasteiger partial charge in [0.1, 0.15) is 0 Å². The van der Waals surface area contributed by atoms with Crippen molar-refractivity contribution in [2.75, 3.05) is 0 Å². The van der Waals surface area contributed by atoms with E-state index in [1.807, 2.05) is 41.2 Å². The van der Waals surface area contributed by atoms with Crippen molar-refractivity contribution >= 4 is 17.4 Å². The van der Waals surface area contributed by atoms with E-state index in [1.54, 1.807) is 0 Å². The van der Waals surface area contributed by atoms with Crippen LogP contribution in [0.4, 0.5) is 0 Å². The molecule has 108 valence electrons. The molecule has 0 aliphatic carbocycles. The van der Waals surface area contributed by atoms with Gasteiger partial charge in [-0.3, -0.25) is 4.40 Å². The van der Waals surface area contributed by atoms with Crippen molar-refractivity contribution in [2.24, 2.45) is 5.73 Å². The summed E-state index contributed by atoms with van der Waals surface area (Å²) < 4.78 is 1.91. The number of nitrogens with two attached hydrogens (primary N) is 1. The average molecular weight is 300 g/mol. The van der Waals surface area contributed by atoms with Crippen molar-refractivity contribution in [1.29, 1.82) is 0 Å². The molecule has 0 bridgehead atoms. The van der Waals surface area contributed by atoms with Crippen molar-refractivity contribution in [3.05, 3.63) is 42.4 Å². The highest BCUT2D eigenvalue weighted by molar-refractivity contribution is 7.99. The molecule has 1 atom stereocenters. The summed E-state index contributed by atoms with van der Waals surface area (Å²) in [4.78, 5) is 8.73. The third-order valence-corrected chi connectivity index (χ3v) is 4.02. The van der Waals surface area contributed by atoms with Gasteiger partial charge in [-0.25, -0.2) is 9.97 Å². The molecule has 2 N–H and O–H groups in total. The van der Waals surface area contributed by atoms with Crippen molar-refractivity contribution in [2.45, 2.75) is 36.1 Å². The van der Waals surface area contributed by atoms with E-state index in [2.05, 4.69) is 27.1 Å². The van der Waals surface area contributed by atoms with Crippen LogP contribution in [0.2, 0.25) is 0 Å². The number of pyridine rings is 1. The molecule has 7 heteroatoms. The minimum atomic E-state index is 0.160. The van der Waals surface area contributed by atoms with Gasteiger partial charge in [0.15, 0.2) is 10.8 Å². The first-order chi connectivity index (χ1) is 10.3. The number of rotatable bonds is 5. The lowest BCUT2D eigenvalue weighted by Gasteiger charge is -2.07. The summed E-state index contributed by atoms with van der Waals surface area (Å²) in [6, 6.07) is 5.94. The molecule has 0 amide bonds. The molecule has 3 aromatic rings. The Morgan fingerprint density at radius 3 is 2.81 bits per heavy atom. The zero-order chi connectivity index (χ0) is 14.7. The summed E-state index contributed by atoms with van der Waals surface area (Å²) in [5, 5.41) is 9.66. The summed E-state index contributed by atoms with van der Waals surface area (Å²) in [7, 11) is 0. The maximum absolute atomic E-state index is 5.93. The molecule has 1 unspecified atom stereocenters. The van der Waals surface area contributed by atoms with Gasteiger partial charge in [-0.05, 0) is 42.3 Å². The van der Waals surface area contributed by atoms with E-state index in [0.717, 1.165) is 29.2 Å². The second-order valence-corrected chi connectivity index (χ2v) is 5.69. The second kappa shape index (κ2) is 6.19. The molecule has 0 spiro atoms. The Labute approximate surface area is 126 Å². The highest BCUT2D eigenvalue weighted by Gasteiger charge is 2.09. The molecule has 0 aromatic carbocycles. The highest BCUT2D eigenvalue weighted by atomic mass is 32.2. The minimum absolute atomic E-state index is 0.160. The van der Waals surface area contributed by atoms with Crippen molar-refractivity contribution in [1.82, 2.24) is 24.6 Å². The van der Waals surface area contributed by atoms with Crippen LogP contribution in [0.1, 0.15) is 18.9 Å². The number of nitrogens with zero attached hydrogens (tertiary/aromatic N) is 5. The maximum atomic E-state index is 5.93. The highest BCUT2D eigenvalue weighted by Crippen LogP contribution is 2.22. The van der Waals surface area contributed by atoms with Crippen LogP contribution >= 0.6 is 11.8 Å². The third-order valence-electron chi connectivity index (χ3n) is 3.17. The smallest absolute Gasteiger partial charge is 0.203 e. The van der Waals surface area contributed by atoms with Crippen molar-refractivity contribution in [3.63, 3.8) is 0 Å². The molecule has 21 heavy (non-hydrogen) atoms. The van der Waals surface area contributed by atoms with Gasteiger partial charge in [0.2, 0.25) is 5.16 Å².